The second kappa shape index (κ2) is 7.03. The van der Waals surface area contributed by atoms with Crippen molar-refractivity contribution in [1.82, 2.24) is 9.78 Å². The number of benzene rings is 2. The minimum absolute atomic E-state index is 0.107. The third-order valence-electron chi connectivity index (χ3n) is 4.30. The Morgan fingerprint density at radius 1 is 1.07 bits per heavy atom. The molecule has 3 aromatic rings. The molecule has 0 aliphatic rings. The second-order valence-electron chi connectivity index (χ2n) is 6.55. The number of rotatable bonds is 4. The Bertz CT molecular complexity index is 1120. The zero-order chi connectivity index (χ0) is 19.7. The Kier molecular flexibility index (Phi) is 4.77. The number of nitrogens with one attached hydrogen (secondary N) is 1. The number of primary amides is 1. The van der Waals surface area contributed by atoms with Crippen LogP contribution in [0.15, 0.2) is 47.3 Å². The van der Waals surface area contributed by atoms with Crippen LogP contribution in [0.3, 0.4) is 0 Å². The van der Waals surface area contributed by atoms with E-state index in [1.165, 1.54) is 4.68 Å². The van der Waals surface area contributed by atoms with E-state index >= 15 is 0 Å². The molecule has 138 valence electrons. The number of amides is 2. The molecule has 0 aliphatic carbocycles. The Morgan fingerprint density at radius 2 is 1.74 bits per heavy atom. The zero-order valence-electron chi connectivity index (χ0n) is 15.3. The van der Waals surface area contributed by atoms with E-state index < -0.39 is 11.8 Å². The van der Waals surface area contributed by atoms with Gasteiger partial charge in [-0.15, -0.1) is 0 Å². The maximum absolute atomic E-state index is 13.0. The van der Waals surface area contributed by atoms with Crippen LogP contribution < -0.4 is 16.6 Å². The number of nitrogens with zero attached hydrogens (tertiary/aromatic N) is 2. The van der Waals surface area contributed by atoms with Gasteiger partial charge in [-0.1, -0.05) is 30.3 Å². The molecule has 1 heterocycles. The fourth-order valence-corrected chi connectivity index (χ4v) is 3.00. The number of fused-ring (bicyclic) bond motifs is 1. The SMILES string of the molecule is Cc1cccc(NC(=O)c2nn(C(C)C)c(=O)c3ccccc23)c1C(N)=O. The molecule has 7 heteroatoms. The van der Waals surface area contributed by atoms with Crippen LogP contribution in [0.1, 0.15) is 46.3 Å². The first-order chi connectivity index (χ1) is 12.8. The van der Waals surface area contributed by atoms with Gasteiger partial charge in [0, 0.05) is 5.39 Å². The minimum Gasteiger partial charge on any atom is -0.366 e. The van der Waals surface area contributed by atoms with E-state index in [-0.39, 0.29) is 22.9 Å². The lowest BCUT2D eigenvalue weighted by Crippen LogP contribution is -2.29. The average molecular weight is 364 g/mol. The number of carbonyl (C=O) groups is 2. The van der Waals surface area contributed by atoms with Gasteiger partial charge < -0.3 is 11.1 Å². The van der Waals surface area contributed by atoms with Crippen LogP contribution in [0.2, 0.25) is 0 Å². The van der Waals surface area contributed by atoms with Gasteiger partial charge in [-0.05, 0) is 38.5 Å². The van der Waals surface area contributed by atoms with Crippen molar-refractivity contribution in [2.24, 2.45) is 5.73 Å². The van der Waals surface area contributed by atoms with Gasteiger partial charge in [-0.2, -0.15) is 5.10 Å². The molecule has 0 spiro atoms. The van der Waals surface area contributed by atoms with Crippen molar-refractivity contribution in [2.45, 2.75) is 26.8 Å². The van der Waals surface area contributed by atoms with E-state index in [2.05, 4.69) is 10.4 Å². The van der Waals surface area contributed by atoms with Crippen molar-refractivity contribution in [1.29, 1.82) is 0 Å². The standard InChI is InChI=1S/C20H20N4O3/c1-11(2)24-20(27)14-9-5-4-8-13(14)17(23-24)19(26)22-15-10-6-7-12(3)16(15)18(21)25/h4-11H,1-3H3,(H2,21,25)(H,22,26). The number of hydrogen-bond donors (Lipinski definition) is 2. The molecule has 0 aliphatic heterocycles. The molecule has 2 amide bonds. The van der Waals surface area contributed by atoms with Crippen LogP contribution in [-0.4, -0.2) is 21.6 Å². The molecule has 1 aromatic heterocycles. The summed E-state index contributed by atoms with van der Waals surface area (Å²) in [6.45, 7) is 5.37. The lowest BCUT2D eigenvalue weighted by atomic mass is 10.1. The van der Waals surface area contributed by atoms with Gasteiger partial charge in [0.25, 0.3) is 17.4 Å². The van der Waals surface area contributed by atoms with Crippen LogP contribution in [0.25, 0.3) is 10.8 Å². The van der Waals surface area contributed by atoms with Crippen molar-refractivity contribution < 1.29 is 9.59 Å². The molecule has 7 nitrogen and oxygen atoms in total. The van der Waals surface area contributed by atoms with Gasteiger partial charge in [0.05, 0.1) is 22.7 Å². The summed E-state index contributed by atoms with van der Waals surface area (Å²) in [5.41, 5.74) is 6.51. The van der Waals surface area contributed by atoms with Gasteiger partial charge in [0.1, 0.15) is 0 Å². The lowest BCUT2D eigenvalue weighted by Gasteiger charge is -2.15. The number of anilines is 1. The monoisotopic (exact) mass is 364 g/mol. The van der Waals surface area contributed by atoms with Crippen molar-refractivity contribution in [3.05, 3.63) is 69.6 Å². The Hall–Kier alpha value is -3.48. The summed E-state index contributed by atoms with van der Waals surface area (Å²) in [7, 11) is 0. The van der Waals surface area contributed by atoms with Crippen molar-refractivity contribution >= 4 is 28.3 Å². The molecule has 3 N–H and O–H groups in total. The first-order valence-corrected chi connectivity index (χ1v) is 8.53. The first-order valence-electron chi connectivity index (χ1n) is 8.53. The maximum Gasteiger partial charge on any atom is 0.276 e. The molecule has 0 bridgehead atoms. The highest BCUT2D eigenvalue weighted by atomic mass is 16.2. The third kappa shape index (κ3) is 3.31. The van der Waals surface area contributed by atoms with Gasteiger partial charge in [-0.25, -0.2) is 4.68 Å². The normalized spacial score (nSPS) is 11.0. The summed E-state index contributed by atoms with van der Waals surface area (Å²) in [6.07, 6.45) is 0. The van der Waals surface area contributed by atoms with E-state index in [1.807, 2.05) is 13.8 Å². The first kappa shape index (κ1) is 18.3. The van der Waals surface area contributed by atoms with Crippen LogP contribution in [-0.2, 0) is 0 Å². The average Bonchev–Trinajstić information content (AvgIpc) is 2.61. The highest BCUT2D eigenvalue weighted by Crippen LogP contribution is 2.21. The molecular formula is C20H20N4O3. The van der Waals surface area contributed by atoms with Gasteiger partial charge >= 0.3 is 0 Å². The predicted octanol–water partition coefficient (Wildman–Crippen LogP) is 2.64. The van der Waals surface area contributed by atoms with Crippen LogP contribution in [0.4, 0.5) is 5.69 Å². The summed E-state index contributed by atoms with van der Waals surface area (Å²) in [5, 5.41) is 7.84. The molecule has 0 radical (unpaired) electrons. The van der Waals surface area contributed by atoms with Gasteiger partial charge in [0.2, 0.25) is 0 Å². The molecular weight excluding hydrogens is 344 g/mol. The van der Waals surface area contributed by atoms with Crippen LogP contribution >= 0.6 is 0 Å². The second-order valence-corrected chi connectivity index (χ2v) is 6.55. The fraction of sp³-hybridized carbons (Fsp3) is 0.200. The molecule has 0 saturated heterocycles. The number of aromatic nitrogens is 2. The van der Waals surface area contributed by atoms with E-state index in [4.69, 9.17) is 5.73 Å². The van der Waals surface area contributed by atoms with E-state index in [1.54, 1.807) is 49.4 Å². The Morgan fingerprint density at radius 3 is 2.37 bits per heavy atom. The number of nitrogens with two attached hydrogens (primary N) is 1. The zero-order valence-corrected chi connectivity index (χ0v) is 15.3. The molecule has 0 fully saturated rings. The van der Waals surface area contributed by atoms with Gasteiger partial charge in [-0.3, -0.25) is 14.4 Å². The minimum atomic E-state index is -0.631. The highest BCUT2D eigenvalue weighted by Gasteiger charge is 2.20. The Balaban J connectivity index is 2.15. The lowest BCUT2D eigenvalue weighted by molar-refractivity contribution is 0.100. The van der Waals surface area contributed by atoms with Crippen LogP contribution in [0.5, 0.6) is 0 Å². The smallest absolute Gasteiger partial charge is 0.276 e. The van der Waals surface area contributed by atoms with Gasteiger partial charge in [0.15, 0.2) is 5.69 Å². The maximum atomic E-state index is 13.0. The van der Waals surface area contributed by atoms with Crippen molar-refractivity contribution in [2.75, 3.05) is 5.32 Å². The van der Waals surface area contributed by atoms with E-state index in [0.29, 0.717) is 22.0 Å². The summed E-state index contributed by atoms with van der Waals surface area (Å²) in [5.74, 6) is -1.15. The quantitative estimate of drug-likeness (QED) is 0.742. The topological polar surface area (TPSA) is 107 Å². The molecule has 2 aromatic carbocycles. The molecule has 0 unspecified atom stereocenters. The summed E-state index contributed by atoms with van der Waals surface area (Å²) in [6, 6.07) is 11.7. The Labute approximate surface area is 155 Å². The largest absolute Gasteiger partial charge is 0.366 e. The van der Waals surface area contributed by atoms with E-state index in [0.717, 1.165) is 0 Å². The summed E-state index contributed by atoms with van der Waals surface area (Å²) >= 11 is 0. The predicted molar refractivity (Wildman–Crippen MR) is 104 cm³/mol. The number of carbonyl (C=O) groups excluding carboxylic acids is 2. The fourth-order valence-electron chi connectivity index (χ4n) is 3.00. The van der Waals surface area contributed by atoms with Crippen molar-refractivity contribution in [3.63, 3.8) is 0 Å². The highest BCUT2D eigenvalue weighted by molar-refractivity contribution is 6.13. The van der Waals surface area contributed by atoms with Crippen molar-refractivity contribution in [3.8, 4) is 0 Å². The molecule has 27 heavy (non-hydrogen) atoms. The summed E-state index contributed by atoms with van der Waals surface area (Å²) in [4.78, 5) is 37.3. The molecule has 0 atom stereocenters. The summed E-state index contributed by atoms with van der Waals surface area (Å²) < 4.78 is 1.28. The number of aryl methyl sites for hydroxylation is 1. The number of hydrogen-bond acceptors (Lipinski definition) is 4. The molecule has 0 saturated carbocycles. The molecule has 3 rings (SSSR count). The van der Waals surface area contributed by atoms with Crippen LogP contribution in [0, 0.1) is 6.92 Å². The van der Waals surface area contributed by atoms with E-state index in [9.17, 15) is 14.4 Å². The third-order valence-corrected chi connectivity index (χ3v) is 4.30.